The molecule has 0 atom stereocenters. The van der Waals surface area contributed by atoms with Crippen LogP contribution in [0.2, 0.25) is 0 Å². The minimum Gasteiger partial charge on any atom is -0.367 e. The molecule has 0 spiro atoms. The first-order chi connectivity index (χ1) is 17.8. The molecule has 0 radical (unpaired) electrons. The molecule has 0 amide bonds. The molecular weight excluding hydrogens is 452 g/mol. The van der Waals surface area contributed by atoms with Gasteiger partial charge in [-0.25, -0.2) is 4.98 Å². The van der Waals surface area contributed by atoms with E-state index in [0.29, 0.717) is 6.04 Å². The fourth-order valence-corrected chi connectivity index (χ4v) is 6.30. The van der Waals surface area contributed by atoms with Crippen molar-refractivity contribution in [2.75, 3.05) is 18.0 Å². The van der Waals surface area contributed by atoms with E-state index in [9.17, 15) is 0 Å². The topological polar surface area (TPSA) is 33.1 Å². The minimum atomic E-state index is 0.397. The van der Waals surface area contributed by atoms with Crippen molar-refractivity contribution in [2.24, 2.45) is 0 Å². The number of aryl methyl sites for hydroxylation is 5. The van der Waals surface area contributed by atoms with Gasteiger partial charge in [-0.1, -0.05) is 48.0 Å². The smallest absolute Gasteiger partial charge is 0.147 e. The van der Waals surface area contributed by atoms with Crippen molar-refractivity contribution in [1.29, 1.82) is 0 Å². The van der Waals surface area contributed by atoms with E-state index in [0.717, 1.165) is 43.8 Å². The maximum Gasteiger partial charge on any atom is 0.147 e. The molecule has 4 nitrogen and oxygen atoms in total. The molecule has 0 unspecified atom stereocenters. The molecule has 0 bridgehead atoms. The van der Waals surface area contributed by atoms with Crippen molar-refractivity contribution >= 4 is 16.7 Å². The average molecular weight is 495 g/mol. The first kappa shape index (κ1) is 25.5. The van der Waals surface area contributed by atoms with Gasteiger partial charge in [0, 0.05) is 42.5 Å². The summed E-state index contributed by atoms with van der Waals surface area (Å²) >= 11 is 0. The zero-order chi connectivity index (χ0) is 26.1. The molecule has 194 valence electrons. The lowest BCUT2D eigenvalue weighted by molar-refractivity contribution is 0.620. The van der Waals surface area contributed by atoms with E-state index in [2.05, 4.69) is 105 Å². The van der Waals surface area contributed by atoms with Crippen LogP contribution in [0.25, 0.3) is 16.7 Å². The predicted octanol–water partition coefficient (Wildman–Crippen LogP) is 7.14. The Morgan fingerprint density at radius 1 is 0.946 bits per heavy atom. The second-order valence-electron chi connectivity index (χ2n) is 11.1. The van der Waals surface area contributed by atoms with Crippen LogP contribution in [0.4, 0.5) is 5.69 Å². The largest absolute Gasteiger partial charge is 0.367 e. The van der Waals surface area contributed by atoms with Crippen molar-refractivity contribution in [2.45, 2.75) is 79.8 Å². The Balaban J connectivity index is 1.59. The first-order valence-corrected chi connectivity index (χ1v) is 14.0. The third-order valence-electron chi connectivity index (χ3n) is 7.82. The summed E-state index contributed by atoms with van der Waals surface area (Å²) in [6.45, 7) is 16.3. The Morgan fingerprint density at radius 3 is 2.35 bits per heavy atom. The van der Waals surface area contributed by atoms with E-state index >= 15 is 0 Å². The lowest BCUT2D eigenvalue weighted by Crippen LogP contribution is -2.37. The second-order valence-corrected chi connectivity index (χ2v) is 11.1. The van der Waals surface area contributed by atoms with Gasteiger partial charge in [0.15, 0.2) is 0 Å². The molecule has 1 aliphatic rings. The van der Waals surface area contributed by atoms with Crippen LogP contribution in [0.1, 0.15) is 65.9 Å². The molecule has 1 N–H and O–H groups in total. The van der Waals surface area contributed by atoms with Gasteiger partial charge in [-0.2, -0.15) is 0 Å². The maximum atomic E-state index is 5.22. The number of benzene rings is 2. The standard InChI is InChI=1S/C33H42N4/c1-22(2)36(17-16-34-21-27-12-8-7-9-13-27)30-20-26(6)35-33-31(30)28-14-10-11-15-29(28)37(33)32-24(4)18-23(3)19-25(32)5/h7-9,12-13,18-20,22,34H,10-11,14-17,21H2,1-6H3. The van der Waals surface area contributed by atoms with Gasteiger partial charge in [-0.15, -0.1) is 0 Å². The van der Waals surface area contributed by atoms with Gasteiger partial charge >= 0.3 is 0 Å². The molecule has 0 saturated carbocycles. The summed E-state index contributed by atoms with van der Waals surface area (Å²) in [5, 5.41) is 5.04. The molecular formula is C33H42N4. The highest BCUT2D eigenvalue weighted by molar-refractivity contribution is 5.96. The molecule has 4 heteroatoms. The molecule has 1 aliphatic carbocycles. The minimum absolute atomic E-state index is 0.397. The van der Waals surface area contributed by atoms with Crippen molar-refractivity contribution in [1.82, 2.24) is 14.9 Å². The highest BCUT2D eigenvalue weighted by Crippen LogP contribution is 2.41. The van der Waals surface area contributed by atoms with Crippen molar-refractivity contribution in [3.63, 3.8) is 0 Å². The number of nitrogens with zero attached hydrogens (tertiary/aromatic N) is 3. The quantitative estimate of drug-likeness (QED) is 0.264. The van der Waals surface area contributed by atoms with E-state index in [1.165, 1.54) is 63.1 Å². The zero-order valence-electron chi connectivity index (χ0n) is 23.5. The van der Waals surface area contributed by atoms with Gasteiger partial charge in [0.05, 0.1) is 11.4 Å². The molecule has 5 rings (SSSR count). The number of hydrogen-bond acceptors (Lipinski definition) is 3. The molecule has 2 heterocycles. The molecule has 4 aromatic rings. The molecule has 37 heavy (non-hydrogen) atoms. The number of aromatic nitrogens is 2. The summed E-state index contributed by atoms with van der Waals surface area (Å²) in [5.41, 5.74) is 13.2. The third kappa shape index (κ3) is 5.04. The zero-order valence-corrected chi connectivity index (χ0v) is 23.5. The predicted molar refractivity (Wildman–Crippen MR) is 157 cm³/mol. The van der Waals surface area contributed by atoms with Crippen molar-refractivity contribution in [3.8, 4) is 5.69 Å². The van der Waals surface area contributed by atoms with Crippen molar-refractivity contribution in [3.05, 3.63) is 87.7 Å². The average Bonchev–Trinajstić information content (AvgIpc) is 3.17. The Kier molecular flexibility index (Phi) is 7.39. The Bertz CT molecular complexity index is 1370. The van der Waals surface area contributed by atoms with Gasteiger partial charge in [0.2, 0.25) is 0 Å². The Labute approximate surface area is 222 Å². The van der Waals surface area contributed by atoms with Crippen molar-refractivity contribution < 1.29 is 0 Å². The lowest BCUT2D eigenvalue weighted by atomic mass is 9.94. The number of hydrogen-bond donors (Lipinski definition) is 1. The molecule has 0 saturated heterocycles. The highest BCUT2D eigenvalue weighted by Gasteiger charge is 2.27. The normalized spacial score (nSPS) is 13.4. The maximum absolute atomic E-state index is 5.22. The van der Waals surface area contributed by atoms with Gasteiger partial charge in [-0.05, 0) is 95.5 Å². The summed E-state index contributed by atoms with van der Waals surface area (Å²) in [5.74, 6) is 0. The third-order valence-corrected chi connectivity index (χ3v) is 7.82. The molecule has 0 aliphatic heterocycles. The molecule has 0 fully saturated rings. The van der Waals surface area contributed by atoms with Crippen LogP contribution in [-0.4, -0.2) is 28.7 Å². The summed E-state index contributed by atoms with van der Waals surface area (Å²) in [7, 11) is 0. The van der Waals surface area contributed by atoms with Gasteiger partial charge in [0.1, 0.15) is 5.65 Å². The van der Waals surface area contributed by atoms with Crippen LogP contribution in [-0.2, 0) is 19.4 Å². The number of nitrogens with one attached hydrogen (secondary N) is 1. The summed E-state index contributed by atoms with van der Waals surface area (Å²) in [6.07, 6.45) is 4.76. The fourth-order valence-electron chi connectivity index (χ4n) is 6.30. The van der Waals surface area contributed by atoms with Gasteiger partial charge < -0.3 is 10.2 Å². The molecule has 2 aromatic heterocycles. The van der Waals surface area contributed by atoms with E-state index in [-0.39, 0.29) is 0 Å². The van der Waals surface area contributed by atoms with Crippen LogP contribution < -0.4 is 10.2 Å². The molecule has 2 aromatic carbocycles. The van der Waals surface area contributed by atoms with Crippen LogP contribution in [0.5, 0.6) is 0 Å². The van der Waals surface area contributed by atoms with Gasteiger partial charge in [-0.3, -0.25) is 4.57 Å². The van der Waals surface area contributed by atoms with Crippen LogP contribution >= 0.6 is 0 Å². The number of anilines is 1. The highest BCUT2D eigenvalue weighted by atomic mass is 15.2. The van der Waals surface area contributed by atoms with E-state index in [4.69, 9.17) is 4.98 Å². The number of fused-ring (bicyclic) bond motifs is 3. The number of pyridine rings is 1. The summed E-state index contributed by atoms with van der Waals surface area (Å²) in [4.78, 5) is 7.81. The Hall–Kier alpha value is -3.11. The van der Waals surface area contributed by atoms with E-state index in [1.807, 2.05) is 0 Å². The van der Waals surface area contributed by atoms with Crippen LogP contribution in [0.3, 0.4) is 0 Å². The van der Waals surface area contributed by atoms with E-state index in [1.54, 1.807) is 0 Å². The summed E-state index contributed by atoms with van der Waals surface area (Å²) < 4.78 is 2.52. The fraction of sp³-hybridized carbons (Fsp3) is 0.424. The first-order valence-electron chi connectivity index (χ1n) is 14.0. The Morgan fingerprint density at radius 2 is 1.65 bits per heavy atom. The lowest BCUT2D eigenvalue weighted by Gasteiger charge is -2.30. The SMILES string of the molecule is Cc1cc(C)c(-n2c3c(c4c(N(CCNCc5ccccc5)C(C)C)cc(C)nc42)CCCC3)c(C)c1. The van der Waals surface area contributed by atoms with Gasteiger partial charge in [0.25, 0.3) is 0 Å². The second kappa shape index (κ2) is 10.7. The van der Waals surface area contributed by atoms with Crippen LogP contribution in [0, 0.1) is 27.7 Å². The summed E-state index contributed by atoms with van der Waals surface area (Å²) in [6, 6.07) is 18.0. The van der Waals surface area contributed by atoms with Crippen LogP contribution in [0.15, 0.2) is 48.5 Å². The number of rotatable bonds is 8. The van der Waals surface area contributed by atoms with E-state index < -0.39 is 0 Å². The monoisotopic (exact) mass is 494 g/mol.